The van der Waals surface area contributed by atoms with Crippen molar-refractivity contribution in [2.75, 3.05) is 6.61 Å². The summed E-state index contributed by atoms with van der Waals surface area (Å²) in [5, 5.41) is 4.48. The summed E-state index contributed by atoms with van der Waals surface area (Å²) in [7, 11) is 0. The lowest BCUT2D eigenvalue weighted by Gasteiger charge is -2.24. The second-order valence-corrected chi connectivity index (χ2v) is 4.59. The summed E-state index contributed by atoms with van der Waals surface area (Å²) >= 11 is 5.85. The molecule has 0 amide bonds. The molecule has 0 bridgehead atoms. The first-order valence-corrected chi connectivity index (χ1v) is 6.11. The van der Waals surface area contributed by atoms with Crippen LogP contribution in [0, 0.1) is 0 Å². The fourth-order valence-corrected chi connectivity index (χ4v) is 2.06. The predicted molar refractivity (Wildman–Crippen MR) is 68.6 cm³/mol. The van der Waals surface area contributed by atoms with E-state index in [4.69, 9.17) is 21.2 Å². The molecule has 0 saturated carbocycles. The third kappa shape index (κ3) is 2.20. The first kappa shape index (κ1) is 12.9. The van der Waals surface area contributed by atoms with Crippen LogP contribution in [0.15, 0.2) is 29.4 Å². The van der Waals surface area contributed by atoms with Gasteiger partial charge < -0.3 is 9.57 Å². The molecule has 0 saturated heterocycles. The molecule has 1 aliphatic heterocycles. The van der Waals surface area contributed by atoms with Gasteiger partial charge in [0.1, 0.15) is 0 Å². The number of hydrogen-bond acceptors (Lipinski definition) is 4. The summed E-state index contributed by atoms with van der Waals surface area (Å²) in [6, 6.07) is 6.95. The number of rotatable bonds is 3. The minimum Gasteiger partial charge on any atom is -0.463 e. The third-order valence-electron chi connectivity index (χ3n) is 2.78. The highest BCUT2D eigenvalue weighted by molar-refractivity contribution is 6.30. The average Bonchev–Trinajstić information content (AvgIpc) is 2.74. The summed E-state index contributed by atoms with van der Waals surface area (Å²) in [6.45, 7) is 3.88. The molecule has 0 unspecified atom stereocenters. The fraction of sp³-hybridized carbons (Fsp3) is 0.385. The molecule has 0 aromatic heterocycles. The number of ether oxygens (including phenoxy) is 1. The molecule has 5 heteroatoms. The molecule has 1 atom stereocenters. The standard InChI is InChI=1S/C13H14ClNO3/c1-3-17-12(16)13(8-9(2)15-18-13)10-4-6-11(14)7-5-10/h4-7H,3,8H2,1-2H3/t13-/m0/s1. The summed E-state index contributed by atoms with van der Waals surface area (Å²) in [6.07, 6.45) is 0.396. The number of carbonyl (C=O) groups is 1. The van der Waals surface area contributed by atoms with E-state index in [1.807, 2.05) is 6.92 Å². The van der Waals surface area contributed by atoms with Gasteiger partial charge in [-0.2, -0.15) is 0 Å². The first-order chi connectivity index (χ1) is 8.58. The van der Waals surface area contributed by atoms with Crippen LogP contribution in [-0.2, 0) is 20.0 Å². The van der Waals surface area contributed by atoms with Gasteiger partial charge in [0.15, 0.2) is 0 Å². The van der Waals surface area contributed by atoms with E-state index in [1.54, 1.807) is 31.2 Å². The number of halogens is 1. The number of oxime groups is 1. The number of benzene rings is 1. The van der Waals surface area contributed by atoms with Crippen molar-refractivity contribution in [1.82, 2.24) is 0 Å². The van der Waals surface area contributed by atoms with Gasteiger partial charge in [0, 0.05) is 17.0 Å². The van der Waals surface area contributed by atoms with Crippen LogP contribution in [0.3, 0.4) is 0 Å². The zero-order valence-corrected chi connectivity index (χ0v) is 11.0. The van der Waals surface area contributed by atoms with Crippen molar-refractivity contribution < 1.29 is 14.4 Å². The molecule has 2 rings (SSSR count). The van der Waals surface area contributed by atoms with Gasteiger partial charge in [0.05, 0.1) is 12.3 Å². The molecule has 1 aliphatic rings. The van der Waals surface area contributed by atoms with Crippen molar-refractivity contribution in [3.8, 4) is 0 Å². The maximum Gasteiger partial charge on any atom is 0.358 e. The highest BCUT2D eigenvalue weighted by Gasteiger charge is 2.48. The summed E-state index contributed by atoms with van der Waals surface area (Å²) in [4.78, 5) is 17.5. The van der Waals surface area contributed by atoms with E-state index in [0.717, 1.165) is 5.71 Å². The van der Waals surface area contributed by atoms with Crippen molar-refractivity contribution in [3.63, 3.8) is 0 Å². The molecule has 4 nitrogen and oxygen atoms in total. The molecule has 0 aliphatic carbocycles. The van der Waals surface area contributed by atoms with Crippen LogP contribution < -0.4 is 0 Å². The second-order valence-electron chi connectivity index (χ2n) is 4.15. The molecular weight excluding hydrogens is 254 g/mol. The van der Waals surface area contributed by atoms with Crippen LogP contribution in [0.4, 0.5) is 0 Å². The number of carbonyl (C=O) groups excluding carboxylic acids is 1. The van der Waals surface area contributed by atoms with Gasteiger partial charge in [-0.25, -0.2) is 4.79 Å². The smallest absolute Gasteiger partial charge is 0.358 e. The van der Waals surface area contributed by atoms with Gasteiger partial charge in [-0.15, -0.1) is 0 Å². The predicted octanol–water partition coefficient (Wildman–Crippen LogP) is 2.89. The van der Waals surface area contributed by atoms with E-state index in [1.165, 1.54) is 0 Å². The Balaban J connectivity index is 2.37. The highest BCUT2D eigenvalue weighted by atomic mass is 35.5. The Bertz CT molecular complexity index is 484. The Kier molecular flexibility index (Phi) is 3.57. The molecule has 0 radical (unpaired) electrons. The lowest BCUT2D eigenvalue weighted by atomic mass is 9.89. The first-order valence-electron chi connectivity index (χ1n) is 5.73. The van der Waals surface area contributed by atoms with Crippen LogP contribution in [0.2, 0.25) is 5.02 Å². The van der Waals surface area contributed by atoms with Crippen molar-refractivity contribution in [2.24, 2.45) is 5.16 Å². The minimum absolute atomic E-state index is 0.302. The van der Waals surface area contributed by atoms with Gasteiger partial charge in [-0.3, -0.25) is 0 Å². The maximum atomic E-state index is 12.1. The van der Waals surface area contributed by atoms with Gasteiger partial charge in [0.2, 0.25) is 0 Å². The molecular formula is C13H14ClNO3. The Morgan fingerprint density at radius 1 is 1.50 bits per heavy atom. The lowest BCUT2D eigenvalue weighted by Crippen LogP contribution is -2.37. The van der Waals surface area contributed by atoms with Crippen LogP contribution >= 0.6 is 11.6 Å². The quantitative estimate of drug-likeness (QED) is 0.791. The number of nitrogens with zero attached hydrogens (tertiary/aromatic N) is 1. The molecule has 1 heterocycles. The van der Waals surface area contributed by atoms with E-state index in [0.29, 0.717) is 23.6 Å². The zero-order chi connectivity index (χ0) is 13.2. The van der Waals surface area contributed by atoms with Crippen LogP contribution in [-0.4, -0.2) is 18.3 Å². The Hall–Kier alpha value is -1.55. The Morgan fingerprint density at radius 3 is 2.67 bits per heavy atom. The molecule has 0 spiro atoms. The van der Waals surface area contributed by atoms with Crippen LogP contribution in [0.5, 0.6) is 0 Å². The third-order valence-corrected chi connectivity index (χ3v) is 3.03. The van der Waals surface area contributed by atoms with E-state index < -0.39 is 11.6 Å². The molecule has 1 aromatic rings. The van der Waals surface area contributed by atoms with Crippen LogP contribution in [0.1, 0.15) is 25.8 Å². The molecule has 1 aromatic carbocycles. The summed E-state index contributed by atoms with van der Waals surface area (Å²) in [5.74, 6) is -0.423. The van der Waals surface area contributed by atoms with E-state index in [2.05, 4.69) is 5.16 Å². The maximum absolute atomic E-state index is 12.1. The van der Waals surface area contributed by atoms with E-state index >= 15 is 0 Å². The fourth-order valence-electron chi connectivity index (χ4n) is 1.93. The SMILES string of the molecule is CCOC(=O)[C@@]1(c2ccc(Cl)cc2)CC(C)=NO1. The normalized spacial score (nSPS) is 22.3. The van der Waals surface area contributed by atoms with Gasteiger partial charge in [-0.1, -0.05) is 28.9 Å². The monoisotopic (exact) mass is 267 g/mol. The minimum atomic E-state index is -1.16. The van der Waals surface area contributed by atoms with Crippen molar-refractivity contribution in [3.05, 3.63) is 34.9 Å². The average molecular weight is 268 g/mol. The second kappa shape index (κ2) is 4.98. The number of hydrogen-bond donors (Lipinski definition) is 0. The van der Waals surface area contributed by atoms with Crippen molar-refractivity contribution in [1.29, 1.82) is 0 Å². The topological polar surface area (TPSA) is 47.9 Å². The summed E-state index contributed by atoms with van der Waals surface area (Å²) < 4.78 is 5.09. The highest BCUT2D eigenvalue weighted by Crippen LogP contribution is 2.36. The number of esters is 1. The molecule has 96 valence electrons. The van der Waals surface area contributed by atoms with Crippen LogP contribution in [0.25, 0.3) is 0 Å². The zero-order valence-electron chi connectivity index (χ0n) is 10.3. The lowest BCUT2D eigenvalue weighted by molar-refractivity contribution is -0.170. The molecule has 18 heavy (non-hydrogen) atoms. The molecule has 0 N–H and O–H groups in total. The summed E-state index contributed by atoms with van der Waals surface area (Å²) in [5.41, 5.74) is 0.300. The van der Waals surface area contributed by atoms with E-state index in [-0.39, 0.29) is 0 Å². The van der Waals surface area contributed by atoms with E-state index in [9.17, 15) is 4.79 Å². The Morgan fingerprint density at radius 2 is 2.17 bits per heavy atom. The van der Waals surface area contributed by atoms with Gasteiger partial charge in [0.25, 0.3) is 5.60 Å². The van der Waals surface area contributed by atoms with Crippen molar-refractivity contribution in [2.45, 2.75) is 25.9 Å². The molecule has 0 fully saturated rings. The Labute approximate surface area is 111 Å². The van der Waals surface area contributed by atoms with Gasteiger partial charge in [-0.05, 0) is 26.0 Å². The van der Waals surface area contributed by atoms with Gasteiger partial charge >= 0.3 is 5.97 Å². The van der Waals surface area contributed by atoms with Crippen molar-refractivity contribution >= 4 is 23.3 Å². The largest absolute Gasteiger partial charge is 0.463 e.